The number of aliphatic hydroxyl groups excluding tert-OH is 1. The Morgan fingerprint density at radius 1 is 1.30 bits per heavy atom. The average Bonchev–Trinajstić information content (AvgIpc) is 2.75. The molecule has 0 heterocycles. The smallest absolute Gasteiger partial charge is 0.333 e. The minimum atomic E-state index is -0.841. The minimum Gasteiger partial charge on any atom is -0.491 e. The largest absolute Gasteiger partial charge is 0.491 e. The molecule has 0 spiro atoms. The highest BCUT2D eigenvalue weighted by Gasteiger charge is 2.27. The maximum absolute atomic E-state index is 12.9. The van der Waals surface area contributed by atoms with Crippen molar-refractivity contribution in [3.63, 3.8) is 0 Å². The Hall–Kier alpha value is -3.32. The summed E-state index contributed by atoms with van der Waals surface area (Å²) >= 11 is 0. The van der Waals surface area contributed by atoms with Crippen molar-refractivity contribution in [2.75, 3.05) is 25.1 Å². The van der Waals surface area contributed by atoms with Gasteiger partial charge >= 0.3 is 5.97 Å². The molecule has 5 N–H and O–H groups in total. The molecule has 0 aliphatic rings. The molecule has 0 aromatic heterocycles. The molecule has 1 unspecified atom stereocenters. The van der Waals surface area contributed by atoms with Crippen LogP contribution in [0.4, 0.5) is 5.69 Å². The summed E-state index contributed by atoms with van der Waals surface area (Å²) in [7, 11) is 0. The van der Waals surface area contributed by atoms with E-state index < -0.39 is 12.0 Å². The molecule has 2 aromatic rings. The molecule has 0 saturated heterocycles. The Bertz CT molecular complexity index is 894. The van der Waals surface area contributed by atoms with Crippen LogP contribution in [0, 0.1) is 5.41 Å². The van der Waals surface area contributed by atoms with Crippen LogP contribution < -0.4 is 15.8 Å². The monoisotopic (exact) mass is 411 g/mol. The van der Waals surface area contributed by atoms with E-state index in [4.69, 9.17) is 20.6 Å². The van der Waals surface area contributed by atoms with E-state index in [1.165, 1.54) is 0 Å². The number of aryl methyl sites for hydroxylation is 1. The van der Waals surface area contributed by atoms with E-state index in [2.05, 4.69) is 11.9 Å². The lowest BCUT2D eigenvalue weighted by atomic mass is 9.96. The molecule has 0 fully saturated rings. The number of carbonyl (C=O) groups is 1. The average molecular weight is 412 g/mol. The molecule has 0 aliphatic carbocycles. The zero-order valence-corrected chi connectivity index (χ0v) is 17.4. The standard InChI is InChI=1S/C23H29N3O4/c1-4-15-13-16(5-2)21(30-12-11-27)19(14-15)20(23(28)29-6-3)26-18-9-7-17(8-10-18)22(24)25/h4,7-10,13-14,20,26-27H,1,5-6,11-12H2,2-3H3,(H3,24,25). The quantitative estimate of drug-likeness (QED) is 0.256. The number of ether oxygens (including phenoxy) is 2. The number of esters is 1. The number of benzene rings is 2. The van der Waals surface area contributed by atoms with E-state index in [0.717, 1.165) is 11.1 Å². The van der Waals surface area contributed by atoms with Crippen molar-refractivity contribution in [1.82, 2.24) is 0 Å². The van der Waals surface area contributed by atoms with Crippen LogP contribution >= 0.6 is 0 Å². The second-order valence-electron chi connectivity index (χ2n) is 6.55. The van der Waals surface area contributed by atoms with Gasteiger partial charge in [-0.3, -0.25) is 5.41 Å². The minimum absolute atomic E-state index is 0.0329. The topological polar surface area (TPSA) is 118 Å². The number of carbonyl (C=O) groups excluding carboxylic acids is 1. The zero-order valence-electron chi connectivity index (χ0n) is 17.4. The fraction of sp³-hybridized carbons (Fsp3) is 0.304. The fourth-order valence-corrected chi connectivity index (χ4v) is 3.06. The SMILES string of the molecule is C=Cc1cc(CC)c(OCCO)c(C(Nc2ccc(C(=N)N)cc2)C(=O)OCC)c1. The molecule has 0 saturated carbocycles. The molecular weight excluding hydrogens is 382 g/mol. The molecule has 0 radical (unpaired) electrons. The number of nitrogens with one attached hydrogen (secondary N) is 2. The molecule has 1 atom stereocenters. The molecule has 7 nitrogen and oxygen atoms in total. The maximum atomic E-state index is 12.9. The Balaban J connectivity index is 2.55. The van der Waals surface area contributed by atoms with Crippen LogP contribution in [0.15, 0.2) is 43.0 Å². The van der Waals surface area contributed by atoms with E-state index in [-0.39, 0.29) is 25.7 Å². The van der Waals surface area contributed by atoms with Crippen molar-refractivity contribution in [2.45, 2.75) is 26.3 Å². The molecular formula is C23H29N3O4. The third-order valence-corrected chi connectivity index (χ3v) is 4.51. The van der Waals surface area contributed by atoms with Gasteiger partial charge in [0.1, 0.15) is 18.2 Å². The number of hydrogen-bond donors (Lipinski definition) is 4. The zero-order chi connectivity index (χ0) is 22.1. The van der Waals surface area contributed by atoms with Gasteiger partial charge in [0.25, 0.3) is 0 Å². The van der Waals surface area contributed by atoms with Crippen molar-refractivity contribution in [3.05, 3.63) is 65.2 Å². The lowest BCUT2D eigenvalue weighted by Crippen LogP contribution is -2.25. The van der Waals surface area contributed by atoms with Gasteiger partial charge < -0.3 is 25.6 Å². The van der Waals surface area contributed by atoms with Gasteiger partial charge in [0.15, 0.2) is 6.04 Å². The van der Waals surface area contributed by atoms with Crippen molar-refractivity contribution in [3.8, 4) is 5.75 Å². The number of nitrogen functional groups attached to an aromatic ring is 1. The van der Waals surface area contributed by atoms with Crippen LogP contribution in [0.25, 0.3) is 6.08 Å². The maximum Gasteiger partial charge on any atom is 0.333 e. The molecule has 0 aliphatic heterocycles. The molecule has 7 heteroatoms. The van der Waals surface area contributed by atoms with Gasteiger partial charge in [-0.05, 0) is 60.9 Å². The molecule has 160 valence electrons. The number of amidine groups is 1. The number of aliphatic hydroxyl groups is 1. The second-order valence-corrected chi connectivity index (χ2v) is 6.55. The van der Waals surface area contributed by atoms with E-state index in [9.17, 15) is 9.90 Å². The van der Waals surface area contributed by atoms with Crippen LogP contribution in [0.2, 0.25) is 0 Å². The summed E-state index contributed by atoms with van der Waals surface area (Å²) in [6, 6.07) is 9.84. The molecule has 0 amide bonds. The first kappa shape index (κ1) is 23.0. The van der Waals surface area contributed by atoms with Gasteiger partial charge in [-0.2, -0.15) is 0 Å². The third-order valence-electron chi connectivity index (χ3n) is 4.51. The highest BCUT2D eigenvalue weighted by Crippen LogP contribution is 2.34. The van der Waals surface area contributed by atoms with Gasteiger partial charge in [0, 0.05) is 16.8 Å². The van der Waals surface area contributed by atoms with E-state index in [1.54, 1.807) is 37.3 Å². The summed E-state index contributed by atoms with van der Waals surface area (Å²) < 4.78 is 11.1. The Kier molecular flexibility index (Phi) is 8.43. The van der Waals surface area contributed by atoms with Gasteiger partial charge in [0.2, 0.25) is 0 Å². The third kappa shape index (κ3) is 5.61. The predicted molar refractivity (Wildman–Crippen MR) is 119 cm³/mol. The summed E-state index contributed by atoms with van der Waals surface area (Å²) in [6.45, 7) is 7.77. The van der Waals surface area contributed by atoms with Crippen molar-refractivity contribution < 1.29 is 19.4 Å². The van der Waals surface area contributed by atoms with Crippen LogP contribution in [0.1, 0.15) is 42.1 Å². The molecule has 2 aromatic carbocycles. The summed E-state index contributed by atoms with van der Waals surface area (Å²) in [5, 5.41) is 20.0. The number of nitrogens with two attached hydrogens (primary N) is 1. The normalized spacial score (nSPS) is 11.4. The highest BCUT2D eigenvalue weighted by molar-refractivity contribution is 5.95. The lowest BCUT2D eigenvalue weighted by Gasteiger charge is -2.24. The second kappa shape index (κ2) is 11.0. The summed E-state index contributed by atoms with van der Waals surface area (Å²) in [5.74, 6) is 0.0581. The van der Waals surface area contributed by atoms with E-state index >= 15 is 0 Å². The van der Waals surface area contributed by atoms with Crippen LogP contribution in [-0.2, 0) is 16.0 Å². The molecule has 30 heavy (non-hydrogen) atoms. The van der Waals surface area contributed by atoms with Crippen molar-refractivity contribution in [2.24, 2.45) is 5.73 Å². The van der Waals surface area contributed by atoms with Gasteiger partial charge in [-0.25, -0.2) is 4.79 Å². The molecule has 0 bridgehead atoms. The fourth-order valence-electron chi connectivity index (χ4n) is 3.06. The Labute approximate surface area is 177 Å². The summed E-state index contributed by atoms with van der Waals surface area (Å²) in [4.78, 5) is 12.9. The Morgan fingerprint density at radius 3 is 2.53 bits per heavy atom. The lowest BCUT2D eigenvalue weighted by molar-refractivity contribution is -0.144. The first-order chi connectivity index (χ1) is 14.4. The van der Waals surface area contributed by atoms with E-state index in [0.29, 0.717) is 29.0 Å². The molecule has 2 rings (SSSR count). The first-order valence-electron chi connectivity index (χ1n) is 9.85. The first-order valence-corrected chi connectivity index (χ1v) is 9.85. The number of rotatable bonds is 11. The Morgan fingerprint density at radius 2 is 2.00 bits per heavy atom. The van der Waals surface area contributed by atoms with E-state index in [1.807, 2.05) is 19.1 Å². The number of anilines is 1. The van der Waals surface area contributed by atoms with Gasteiger partial charge in [-0.1, -0.05) is 19.6 Å². The van der Waals surface area contributed by atoms with Crippen LogP contribution in [0.3, 0.4) is 0 Å². The van der Waals surface area contributed by atoms with Crippen LogP contribution in [-0.4, -0.2) is 36.7 Å². The number of hydrogen-bond acceptors (Lipinski definition) is 6. The van der Waals surface area contributed by atoms with Gasteiger partial charge in [-0.15, -0.1) is 0 Å². The van der Waals surface area contributed by atoms with Crippen molar-refractivity contribution in [1.29, 1.82) is 5.41 Å². The summed E-state index contributed by atoms with van der Waals surface area (Å²) in [5.41, 5.74) is 9.12. The highest BCUT2D eigenvalue weighted by atomic mass is 16.5. The van der Waals surface area contributed by atoms with Crippen molar-refractivity contribution >= 4 is 23.6 Å². The van der Waals surface area contributed by atoms with Crippen LogP contribution in [0.5, 0.6) is 5.75 Å². The predicted octanol–water partition coefficient (Wildman–Crippen LogP) is 3.26. The summed E-state index contributed by atoms with van der Waals surface area (Å²) in [6.07, 6.45) is 2.39. The van der Waals surface area contributed by atoms with Gasteiger partial charge in [0.05, 0.1) is 13.2 Å².